The van der Waals surface area contributed by atoms with Crippen LogP contribution in [0, 0.1) is 11.3 Å². The van der Waals surface area contributed by atoms with Gasteiger partial charge >= 0.3 is 0 Å². The number of benzene rings is 2. The van der Waals surface area contributed by atoms with Crippen LogP contribution in [0.3, 0.4) is 0 Å². The summed E-state index contributed by atoms with van der Waals surface area (Å²) in [6.45, 7) is 0.388. The molecule has 0 bridgehead atoms. The van der Waals surface area contributed by atoms with E-state index < -0.39 is 0 Å². The van der Waals surface area contributed by atoms with Gasteiger partial charge < -0.3 is 14.7 Å². The molecular weight excluding hydrogens is 410 g/mol. The molecule has 4 rings (SSSR count). The molecule has 0 aromatic heterocycles. The number of hydrogen-bond donors (Lipinski definition) is 1. The Hall–Kier alpha value is -2.82. The van der Waals surface area contributed by atoms with Crippen LogP contribution in [0.15, 0.2) is 53.1 Å². The van der Waals surface area contributed by atoms with E-state index in [1.807, 2.05) is 24.3 Å². The van der Waals surface area contributed by atoms with Gasteiger partial charge in [-0.2, -0.15) is 5.26 Å². The molecule has 2 aliphatic rings. The molecule has 0 saturated carbocycles. The lowest BCUT2D eigenvalue weighted by Crippen LogP contribution is -2.47. The third kappa shape index (κ3) is 3.61. The van der Waals surface area contributed by atoms with Crippen molar-refractivity contribution in [2.75, 3.05) is 24.6 Å². The van der Waals surface area contributed by atoms with Gasteiger partial charge in [-0.15, -0.1) is 0 Å². The van der Waals surface area contributed by atoms with E-state index in [0.29, 0.717) is 33.9 Å². The predicted molar refractivity (Wildman–Crippen MR) is 113 cm³/mol. The third-order valence-electron chi connectivity index (χ3n) is 5.09. The monoisotopic (exact) mass is 427 g/mol. The van der Waals surface area contributed by atoms with Crippen LogP contribution in [0.25, 0.3) is 0 Å². The second-order valence-corrected chi connectivity index (χ2v) is 8.14. The number of thioether (sulfide) groups is 1. The van der Waals surface area contributed by atoms with Gasteiger partial charge in [-0.05, 0) is 42.0 Å². The molecule has 6 nitrogen and oxygen atoms in total. The molecule has 2 aromatic rings. The Morgan fingerprint density at radius 2 is 2.03 bits per heavy atom. The molecule has 148 valence electrons. The van der Waals surface area contributed by atoms with Crippen molar-refractivity contribution in [3.63, 3.8) is 0 Å². The van der Waals surface area contributed by atoms with Crippen molar-refractivity contribution in [3.8, 4) is 17.6 Å². The Balaban J connectivity index is 1.66. The first-order valence-corrected chi connectivity index (χ1v) is 10.3. The molecule has 2 aliphatic heterocycles. The Morgan fingerprint density at radius 1 is 1.28 bits per heavy atom. The first kappa shape index (κ1) is 19.5. The number of carbonyl (C=O) groups excluding carboxylic acids is 1. The Kier molecular flexibility index (Phi) is 5.31. The highest BCUT2D eigenvalue weighted by atomic mass is 35.5. The van der Waals surface area contributed by atoms with Crippen molar-refractivity contribution in [2.45, 2.75) is 12.3 Å². The first-order chi connectivity index (χ1) is 14.0. The second kappa shape index (κ2) is 7.90. The highest BCUT2D eigenvalue weighted by molar-refractivity contribution is 8.03. The van der Waals surface area contributed by atoms with Crippen molar-refractivity contribution in [2.24, 2.45) is 0 Å². The number of phenolic OH excluding ortho intramolecular Hbond substituents is 1. The summed E-state index contributed by atoms with van der Waals surface area (Å²) < 4.78 is 5.18. The average molecular weight is 428 g/mol. The van der Waals surface area contributed by atoms with Crippen molar-refractivity contribution < 1.29 is 14.6 Å². The van der Waals surface area contributed by atoms with E-state index in [1.54, 1.807) is 17.0 Å². The van der Waals surface area contributed by atoms with Crippen LogP contribution in [0.1, 0.15) is 17.9 Å². The summed E-state index contributed by atoms with van der Waals surface area (Å²) in [5, 5.41) is 21.1. The number of halogens is 1. The Labute approximate surface area is 177 Å². The molecule has 1 N–H and O–H groups in total. The van der Waals surface area contributed by atoms with Crippen LogP contribution in [0.5, 0.6) is 11.5 Å². The summed E-state index contributed by atoms with van der Waals surface area (Å²) >= 11 is 7.45. The molecule has 2 heterocycles. The van der Waals surface area contributed by atoms with Crippen molar-refractivity contribution in [1.29, 1.82) is 5.26 Å². The smallest absolute Gasteiger partial charge is 0.229 e. The summed E-state index contributed by atoms with van der Waals surface area (Å²) in [5.74, 6) is 0.573. The molecule has 0 aliphatic carbocycles. The number of ether oxygens (including phenoxy) is 1. The Bertz CT molecular complexity index is 1030. The number of nitrogens with zero attached hydrogens (tertiary/aromatic N) is 3. The predicted octanol–water partition coefficient (Wildman–Crippen LogP) is 4.27. The van der Waals surface area contributed by atoms with Crippen LogP contribution in [-0.4, -0.2) is 35.6 Å². The number of anilines is 1. The van der Waals surface area contributed by atoms with Crippen LogP contribution < -0.4 is 9.64 Å². The van der Waals surface area contributed by atoms with E-state index in [9.17, 15) is 15.2 Å². The fourth-order valence-electron chi connectivity index (χ4n) is 3.57. The van der Waals surface area contributed by atoms with Gasteiger partial charge in [0.1, 0.15) is 0 Å². The van der Waals surface area contributed by atoms with Crippen molar-refractivity contribution in [1.82, 2.24) is 4.90 Å². The van der Waals surface area contributed by atoms with E-state index in [0.717, 1.165) is 11.3 Å². The largest absolute Gasteiger partial charge is 0.504 e. The molecule has 1 saturated heterocycles. The molecule has 29 heavy (non-hydrogen) atoms. The van der Waals surface area contributed by atoms with Crippen LogP contribution >= 0.6 is 23.4 Å². The van der Waals surface area contributed by atoms with E-state index >= 15 is 0 Å². The highest BCUT2D eigenvalue weighted by Gasteiger charge is 2.38. The van der Waals surface area contributed by atoms with Crippen molar-refractivity contribution in [3.05, 3.63) is 63.7 Å². The molecule has 8 heteroatoms. The van der Waals surface area contributed by atoms with Gasteiger partial charge in [0.2, 0.25) is 5.91 Å². The second-order valence-electron chi connectivity index (χ2n) is 6.77. The molecule has 0 radical (unpaired) electrons. The Morgan fingerprint density at radius 3 is 2.72 bits per heavy atom. The van der Waals surface area contributed by atoms with Crippen molar-refractivity contribution >= 4 is 35.0 Å². The van der Waals surface area contributed by atoms with Crippen LogP contribution in [0.4, 0.5) is 5.69 Å². The molecule has 0 spiro atoms. The van der Waals surface area contributed by atoms with Gasteiger partial charge in [-0.1, -0.05) is 29.4 Å². The summed E-state index contributed by atoms with van der Waals surface area (Å²) in [7, 11) is 1.47. The van der Waals surface area contributed by atoms with Gasteiger partial charge in [-0.3, -0.25) is 9.69 Å². The number of amides is 1. The van der Waals surface area contributed by atoms with Gasteiger partial charge in [0, 0.05) is 23.0 Å². The number of carbonyl (C=O) groups is 1. The molecule has 1 fully saturated rings. The number of hydrogen-bond acceptors (Lipinski definition) is 6. The molecule has 0 unspecified atom stereocenters. The minimum Gasteiger partial charge on any atom is -0.504 e. The summed E-state index contributed by atoms with van der Waals surface area (Å²) in [4.78, 5) is 16.7. The van der Waals surface area contributed by atoms with Gasteiger partial charge in [0.15, 0.2) is 11.5 Å². The summed E-state index contributed by atoms with van der Waals surface area (Å²) in [6, 6.07) is 14.7. The molecule has 2 aromatic carbocycles. The standard InChI is InChI=1S/C21H18ClN3O3S/c1-28-19-8-13(2-7-18(19)26)16-9-20(27)25-11-24(12-29-21(25)17(16)10-23)15-5-3-14(22)4-6-15/h2-8,16,26H,9,11-12H2,1H3/t16-/m1/s1. The minimum atomic E-state index is -0.358. The van der Waals surface area contributed by atoms with E-state index in [1.165, 1.54) is 24.9 Å². The third-order valence-corrected chi connectivity index (χ3v) is 6.50. The SMILES string of the molecule is COc1cc([C@H]2CC(=O)N3CN(c4ccc(Cl)cc4)CSC3=C2C#N)ccc1O. The zero-order chi connectivity index (χ0) is 20.5. The van der Waals surface area contributed by atoms with Gasteiger partial charge in [-0.25, -0.2) is 0 Å². The van der Waals surface area contributed by atoms with Crippen LogP contribution in [0.2, 0.25) is 5.02 Å². The minimum absolute atomic E-state index is 0.0248. The topological polar surface area (TPSA) is 76.8 Å². The highest BCUT2D eigenvalue weighted by Crippen LogP contribution is 2.44. The maximum atomic E-state index is 13.0. The number of methoxy groups -OCH3 is 1. The lowest BCUT2D eigenvalue weighted by molar-refractivity contribution is -0.129. The van der Waals surface area contributed by atoms with Gasteiger partial charge in [0.05, 0.1) is 36.3 Å². The zero-order valence-electron chi connectivity index (χ0n) is 15.6. The number of phenols is 1. The summed E-state index contributed by atoms with van der Waals surface area (Å²) in [6.07, 6.45) is 0.190. The van der Waals surface area contributed by atoms with E-state index in [4.69, 9.17) is 16.3 Å². The average Bonchev–Trinajstić information content (AvgIpc) is 2.74. The molecule has 1 amide bonds. The normalized spacial score (nSPS) is 19.1. The summed E-state index contributed by atoms with van der Waals surface area (Å²) in [5.41, 5.74) is 2.31. The fourth-order valence-corrected chi connectivity index (χ4v) is 4.87. The lowest BCUT2D eigenvalue weighted by Gasteiger charge is -2.42. The fraction of sp³-hybridized carbons (Fsp3) is 0.238. The zero-order valence-corrected chi connectivity index (χ0v) is 17.2. The maximum Gasteiger partial charge on any atom is 0.229 e. The maximum absolute atomic E-state index is 13.0. The molecule has 1 atom stereocenters. The quantitative estimate of drug-likeness (QED) is 0.788. The number of aromatic hydroxyl groups is 1. The lowest BCUT2D eigenvalue weighted by atomic mass is 9.86. The number of rotatable bonds is 3. The molecular formula is C21H18ClN3O3S. The number of fused-ring (bicyclic) bond motifs is 1. The van der Waals surface area contributed by atoms with E-state index in [2.05, 4.69) is 11.0 Å². The number of allylic oxidation sites excluding steroid dienone is 1. The van der Waals surface area contributed by atoms with Crippen LogP contribution in [-0.2, 0) is 4.79 Å². The first-order valence-electron chi connectivity index (χ1n) is 8.96. The van der Waals surface area contributed by atoms with Gasteiger partial charge in [0.25, 0.3) is 0 Å². The number of nitriles is 1. The van der Waals surface area contributed by atoms with E-state index in [-0.39, 0.29) is 24.0 Å².